The molecule has 0 saturated heterocycles. The van der Waals surface area contributed by atoms with Gasteiger partial charge in [-0.25, -0.2) is 0 Å². The molecule has 2 saturated carbocycles. The lowest BCUT2D eigenvalue weighted by Crippen LogP contribution is -2.25. The lowest BCUT2D eigenvalue weighted by Gasteiger charge is -2.27. The maximum Gasteiger partial charge on any atom is 0.136 e. The molecule has 0 spiro atoms. The summed E-state index contributed by atoms with van der Waals surface area (Å²) in [5.74, 6) is 1.83. The van der Waals surface area contributed by atoms with E-state index in [0.29, 0.717) is 24.0 Å². The Morgan fingerprint density at radius 1 is 1.11 bits per heavy atom. The van der Waals surface area contributed by atoms with Gasteiger partial charge < -0.3 is 0 Å². The zero-order chi connectivity index (χ0) is 19.3. The number of aryl methyl sites for hydroxylation is 1. The molecule has 4 heteroatoms. The quantitative estimate of drug-likeness (QED) is 0.685. The summed E-state index contributed by atoms with van der Waals surface area (Å²) in [6.07, 6.45) is 16.3. The maximum atomic E-state index is 12.9. The fraction of sp³-hybridized carbons (Fsp3) is 0.625. The molecule has 2 aliphatic carbocycles. The van der Waals surface area contributed by atoms with E-state index in [4.69, 9.17) is 5.10 Å². The van der Waals surface area contributed by atoms with Gasteiger partial charge in [-0.15, -0.1) is 0 Å². The Bertz CT molecular complexity index is 776. The highest BCUT2D eigenvalue weighted by Crippen LogP contribution is 2.39. The number of hydrogen-bond acceptors (Lipinski definition) is 3. The summed E-state index contributed by atoms with van der Waals surface area (Å²) < 4.78 is 0. The summed E-state index contributed by atoms with van der Waals surface area (Å²) in [5.41, 5.74) is 4.67. The molecule has 2 unspecified atom stereocenters. The molecule has 2 aromatic rings. The van der Waals surface area contributed by atoms with E-state index < -0.39 is 0 Å². The highest BCUT2D eigenvalue weighted by atomic mass is 16.1. The molecular weight excluding hydrogens is 346 g/mol. The van der Waals surface area contributed by atoms with Crippen LogP contribution in [0.2, 0.25) is 0 Å². The zero-order valence-electron chi connectivity index (χ0n) is 17.1. The average molecular weight is 380 g/mol. The van der Waals surface area contributed by atoms with E-state index in [1.165, 1.54) is 62.6 Å². The number of H-pyrrole nitrogens is 1. The molecule has 0 radical (unpaired) electrons. The number of nitrogens with zero attached hydrogens (tertiary/aromatic N) is 2. The summed E-state index contributed by atoms with van der Waals surface area (Å²) in [6, 6.07) is 4.07. The van der Waals surface area contributed by atoms with Crippen LogP contribution in [-0.4, -0.2) is 21.0 Å². The second kappa shape index (κ2) is 9.02. The van der Waals surface area contributed by atoms with Gasteiger partial charge in [0.05, 0.1) is 5.69 Å². The predicted octanol–water partition coefficient (Wildman–Crippen LogP) is 5.85. The van der Waals surface area contributed by atoms with Crippen LogP contribution in [0, 0.1) is 11.8 Å². The Balaban J connectivity index is 1.54. The Labute approximate surface area is 168 Å². The molecule has 150 valence electrons. The molecule has 2 aliphatic rings. The molecule has 0 bridgehead atoms. The third-order valence-electron chi connectivity index (χ3n) is 6.98. The van der Waals surface area contributed by atoms with Gasteiger partial charge >= 0.3 is 0 Å². The van der Waals surface area contributed by atoms with Crippen molar-refractivity contribution in [2.24, 2.45) is 11.8 Å². The Morgan fingerprint density at radius 3 is 2.64 bits per heavy atom. The number of ketones is 1. The van der Waals surface area contributed by atoms with Gasteiger partial charge in [0.1, 0.15) is 5.78 Å². The number of pyridine rings is 1. The number of carbonyl (C=O) groups excluding carboxylic acids is 1. The minimum atomic E-state index is 0.271. The van der Waals surface area contributed by atoms with Crippen molar-refractivity contribution in [1.29, 1.82) is 0 Å². The van der Waals surface area contributed by atoms with E-state index in [1.807, 2.05) is 12.3 Å². The standard InChI is InChI=1S/C24H33N3O/c1-17-8-5-6-12-20(17)22(28)14-13-21-23(18-9-3-2-4-10-18)24(27-26-21)19-11-7-15-25-16-19/h7,11,15-18,20H,2-6,8-10,12-14H2,1H3,(H,26,27). The van der Waals surface area contributed by atoms with Crippen LogP contribution in [0.4, 0.5) is 0 Å². The van der Waals surface area contributed by atoms with Crippen molar-refractivity contribution < 1.29 is 4.79 Å². The third kappa shape index (κ3) is 4.21. The van der Waals surface area contributed by atoms with Gasteiger partial charge in [-0.2, -0.15) is 5.10 Å². The lowest BCUT2D eigenvalue weighted by atomic mass is 9.76. The zero-order valence-corrected chi connectivity index (χ0v) is 17.1. The number of nitrogens with one attached hydrogen (secondary N) is 1. The van der Waals surface area contributed by atoms with E-state index in [2.05, 4.69) is 23.1 Å². The average Bonchev–Trinajstić information content (AvgIpc) is 3.17. The van der Waals surface area contributed by atoms with Gasteiger partial charge in [0.2, 0.25) is 0 Å². The fourth-order valence-corrected chi connectivity index (χ4v) is 5.36. The van der Waals surface area contributed by atoms with E-state index in [0.717, 1.165) is 24.1 Å². The van der Waals surface area contributed by atoms with Gasteiger partial charge in [0.25, 0.3) is 0 Å². The minimum Gasteiger partial charge on any atom is -0.299 e. The summed E-state index contributed by atoms with van der Waals surface area (Å²) in [5, 5.41) is 8.00. The maximum absolute atomic E-state index is 12.9. The van der Waals surface area contributed by atoms with Gasteiger partial charge in [-0.1, -0.05) is 45.4 Å². The first kappa shape index (κ1) is 19.4. The topological polar surface area (TPSA) is 58.6 Å². The van der Waals surface area contributed by atoms with E-state index in [1.54, 1.807) is 6.20 Å². The summed E-state index contributed by atoms with van der Waals surface area (Å²) >= 11 is 0. The van der Waals surface area contributed by atoms with Crippen LogP contribution in [0.25, 0.3) is 11.3 Å². The first-order valence-electron chi connectivity index (χ1n) is 11.2. The summed E-state index contributed by atoms with van der Waals surface area (Å²) in [7, 11) is 0. The molecule has 2 atom stereocenters. The van der Waals surface area contributed by atoms with Crippen LogP contribution in [0.3, 0.4) is 0 Å². The van der Waals surface area contributed by atoms with Gasteiger partial charge in [-0.3, -0.25) is 14.9 Å². The molecule has 2 aromatic heterocycles. The summed E-state index contributed by atoms with van der Waals surface area (Å²) in [6.45, 7) is 2.26. The fourth-order valence-electron chi connectivity index (χ4n) is 5.36. The molecule has 2 heterocycles. The Kier molecular flexibility index (Phi) is 6.23. The van der Waals surface area contributed by atoms with Crippen LogP contribution in [0.5, 0.6) is 0 Å². The van der Waals surface area contributed by atoms with Crippen molar-refractivity contribution in [2.45, 2.75) is 83.5 Å². The van der Waals surface area contributed by atoms with Crippen LogP contribution >= 0.6 is 0 Å². The molecular formula is C24H33N3O. The molecule has 0 aromatic carbocycles. The first-order chi connectivity index (χ1) is 13.7. The third-order valence-corrected chi connectivity index (χ3v) is 6.98. The number of hydrogen-bond donors (Lipinski definition) is 1. The van der Waals surface area contributed by atoms with Crippen molar-refractivity contribution in [3.8, 4) is 11.3 Å². The van der Waals surface area contributed by atoms with Crippen LogP contribution < -0.4 is 0 Å². The highest BCUT2D eigenvalue weighted by Gasteiger charge is 2.29. The van der Waals surface area contributed by atoms with Crippen molar-refractivity contribution >= 4 is 5.78 Å². The number of Topliss-reactive ketones (excluding diaryl/α,β-unsaturated/α-hetero) is 1. The normalized spacial score (nSPS) is 23.6. The molecule has 0 amide bonds. The smallest absolute Gasteiger partial charge is 0.136 e. The second-order valence-corrected chi connectivity index (χ2v) is 8.88. The number of carbonyl (C=O) groups is 1. The Hall–Kier alpha value is -1.97. The van der Waals surface area contributed by atoms with Gasteiger partial charge in [-0.05, 0) is 49.7 Å². The summed E-state index contributed by atoms with van der Waals surface area (Å²) in [4.78, 5) is 17.2. The molecule has 4 rings (SSSR count). The van der Waals surface area contributed by atoms with Crippen LogP contribution in [0.1, 0.15) is 88.3 Å². The SMILES string of the molecule is CC1CCCCC1C(=O)CCc1[nH]nc(-c2cccnc2)c1C1CCCCC1. The Morgan fingerprint density at radius 2 is 1.89 bits per heavy atom. The second-order valence-electron chi connectivity index (χ2n) is 8.88. The largest absolute Gasteiger partial charge is 0.299 e. The lowest BCUT2D eigenvalue weighted by molar-refractivity contribution is -0.125. The van der Waals surface area contributed by atoms with E-state index >= 15 is 0 Å². The van der Waals surface area contributed by atoms with Crippen molar-refractivity contribution in [2.75, 3.05) is 0 Å². The van der Waals surface area contributed by atoms with Crippen LogP contribution in [-0.2, 0) is 11.2 Å². The molecule has 0 aliphatic heterocycles. The number of aromatic amines is 1. The minimum absolute atomic E-state index is 0.271. The molecule has 1 N–H and O–H groups in total. The van der Waals surface area contributed by atoms with Gasteiger partial charge in [0, 0.05) is 41.6 Å². The predicted molar refractivity (Wildman–Crippen MR) is 112 cm³/mol. The van der Waals surface area contributed by atoms with Crippen molar-refractivity contribution in [3.05, 3.63) is 35.8 Å². The van der Waals surface area contributed by atoms with Crippen molar-refractivity contribution in [1.82, 2.24) is 15.2 Å². The highest BCUT2D eigenvalue weighted by molar-refractivity contribution is 5.81. The number of aromatic nitrogens is 3. The van der Waals surface area contributed by atoms with E-state index in [9.17, 15) is 4.79 Å². The molecule has 2 fully saturated rings. The monoisotopic (exact) mass is 379 g/mol. The van der Waals surface area contributed by atoms with Crippen molar-refractivity contribution in [3.63, 3.8) is 0 Å². The molecule has 4 nitrogen and oxygen atoms in total. The van der Waals surface area contributed by atoms with Gasteiger partial charge in [0.15, 0.2) is 0 Å². The molecule has 28 heavy (non-hydrogen) atoms. The number of rotatable bonds is 6. The van der Waals surface area contributed by atoms with E-state index in [-0.39, 0.29) is 5.92 Å². The van der Waals surface area contributed by atoms with Crippen LogP contribution in [0.15, 0.2) is 24.5 Å². The first-order valence-corrected chi connectivity index (χ1v) is 11.2.